The molecule has 5 heterocycles. The summed E-state index contributed by atoms with van der Waals surface area (Å²) < 4.78 is 5.61. The molecule has 9 rings (SSSR count). The van der Waals surface area contributed by atoms with Gasteiger partial charge in [-0.2, -0.15) is 0 Å². The van der Waals surface area contributed by atoms with Crippen molar-refractivity contribution >= 4 is 64.2 Å². The van der Waals surface area contributed by atoms with Crippen LogP contribution in [0.4, 0.5) is 0 Å². The number of H-pyrrole nitrogens is 2. The number of nitrogens with zero attached hydrogens (tertiary/aromatic N) is 2. The fourth-order valence-electron chi connectivity index (χ4n) is 6.00. The Balaban J connectivity index is 0.000000142. The number of fused-ring (bicyclic) bond motifs is 8. The minimum absolute atomic E-state index is 0.939. The van der Waals surface area contributed by atoms with Crippen molar-refractivity contribution in [2.75, 3.05) is 0 Å². The minimum atomic E-state index is -2.10. The molecule has 8 bridgehead atoms. The molecule has 2 N–H and O–H groups in total. The first-order chi connectivity index (χ1) is 24.2. The number of rotatable bonds is 4. The van der Waals surface area contributed by atoms with Crippen molar-refractivity contribution in [1.82, 2.24) is 19.9 Å². The van der Waals surface area contributed by atoms with Crippen LogP contribution in [0.15, 0.2) is 170 Å². The third-order valence-corrected chi connectivity index (χ3v) is 13.5. The average molecular weight is 675 g/mol. The van der Waals surface area contributed by atoms with Crippen molar-refractivity contribution < 1.29 is 12.8 Å². The maximum absolute atomic E-state index is 4.63. The molecule has 4 nitrogen and oxygen atoms in total. The van der Waals surface area contributed by atoms with Gasteiger partial charge < -0.3 is 9.97 Å². The maximum atomic E-state index is 4.63. The van der Waals surface area contributed by atoms with Gasteiger partial charge in [0, 0.05) is 22.1 Å². The Kier molecular flexibility index (Phi) is 8.43. The van der Waals surface area contributed by atoms with Gasteiger partial charge in [-0.3, -0.25) is 0 Å². The molecule has 238 valence electrons. The van der Waals surface area contributed by atoms with E-state index in [0.717, 1.165) is 44.8 Å². The van der Waals surface area contributed by atoms with E-state index in [2.05, 4.69) is 166 Å². The third kappa shape index (κ3) is 6.46. The van der Waals surface area contributed by atoms with Crippen molar-refractivity contribution in [1.29, 1.82) is 0 Å². The van der Waals surface area contributed by atoms with Gasteiger partial charge in [0.05, 0.1) is 22.8 Å². The van der Waals surface area contributed by atoms with Gasteiger partial charge in [-0.15, -0.1) is 0 Å². The summed E-state index contributed by atoms with van der Waals surface area (Å²) in [6.07, 6.45) is 8.09. The van der Waals surface area contributed by atoms with Crippen LogP contribution in [-0.2, 0) is 12.8 Å². The summed E-state index contributed by atoms with van der Waals surface area (Å²) in [4.78, 5) is 16.0. The van der Waals surface area contributed by atoms with Gasteiger partial charge in [0.15, 0.2) is 0 Å². The topological polar surface area (TPSA) is 57.4 Å². The van der Waals surface area contributed by atoms with Crippen LogP contribution >= 0.6 is 0 Å². The zero-order valence-corrected chi connectivity index (χ0v) is 27.8. The molecule has 0 unspecified atom stereocenters. The molecule has 0 saturated heterocycles. The van der Waals surface area contributed by atoms with E-state index < -0.39 is 12.8 Å². The quantitative estimate of drug-likeness (QED) is 0.186. The van der Waals surface area contributed by atoms with Crippen LogP contribution in [0.5, 0.6) is 0 Å². The van der Waals surface area contributed by atoms with Crippen LogP contribution in [-0.4, -0.2) is 19.9 Å². The van der Waals surface area contributed by atoms with E-state index in [1.165, 1.54) is 17.8 Å². The zero-order valence-electron chi connectivity index (χ0n) is 26.7. The molecule has 4 aromatic carbocycles. The Labute approximate surface area is 288 Å². The molecule has 0 spiro atoms. The van der Waals surface area contributed by atoms with Gasteiger partial charge in [-0.05, 0) is 72.8 Å². The van der Waals surface area contributed by atoms with E-state index in [1.54, 1.807) is 0 Å². The first-order valence-corrected chi connectivity index (χ1v) is 18.4. The van der Waals surface area contributed by atoms with Crippen molar-refractivity contribution in [3.8, 4) is 0 Å². The van der Waals surface area contributed by atoms with Crippen LogP contribution in [0.1, 0.15) is 22.8 Å². The monoisotopic (exact) mass is 674 g/mol. The molecular weight excluding hydrogens is 640 g/mol. The second kappa shape index (κ2) is 13.6. The van der Waals surface area contributed by atoms with Crippen molar-refractivity contribution in [3.63, 3.8) is 0 Å². The first-order valence-electron chi connectivity index (χ1n) is 16.2. The Bertz CT molecular complexity index is 2090. The fourth-order valence-corrected chi connectivity index (χ4v) is 11.3. The van der Waals surface area contributed by atoms with Crippen LogP contribution in [0.25, 0.3) is 46.4 Å². The number of hydrogen-bond donors (Lipinski definition) is 2. The Morgan fingerprint density at radius 2 is 0.551 bits per heavy atom. The summed E-state index contributed by atoms with van der Waals surface area (Å²) in [5.41, 5.74) is 7.86. The van der Waals surface area contributed by atoms with Gasteiger partial charge in [0.25, 0.3) is 0 Å². The second-order valence-electron chi connectivity index (χ2n) is 11.6. The van der Waals surface area contributed by atoms with E-state index in [0.29, 0.717) is 0 Å². The second-order valence-corrected chi connectivity index (χ2v) is 15.8. The van der Waals surface area contributed by atoms with Crippen molar-refractivity contribution in [3.05, 3.63) is 193 Å². The van der Waals surface area contributed by atoms with E-state index >= 15 is 0 Å². The van der Waals surface area contributed by atoms with E-state index in [4.69, 9.17) is 0 Å². The molecular formula is C44H34FeN4. The number of aromatic nitrogens is 4. The summed E-state index contributed by atoms with van der Waals surface area (Å²) in [6, 6.07) is 60.3. The van der Waals surface area contributed by atoms with E-state index in [1.807, 2.05) is 48.6 Å². The Morgan fingerprint density at radius 3 is 0.796 bits per heavy atom. The molecule has 2 aliphatic rings. The van der Waals surface area contributed by atoms with Crippen LogP contribution < -0.4 is 17.8 Å². The zero-order chi connectivity index (χ0) is 32.9. The molecule has 2 aliphatic heterocycles. The molecule has 49 heavy (non-hydrogen) atoms. The average Bonchev–Trinajstić information content (AvgIpc) is 3.98. The van der Waals surface area contributed by atoms with Crippen LogP contribution in [0, 0.1) is 0 Å². The van der Waals surface area contributed by atoms with E-state index in [9.17, 15) is 0 Å². The fraction of sp³-hybridized carbons (Fsp3) is 0. The number of nitrogens with one attached hydrogen (secondary N) is 2. The van der Waals surface area contributed by atoms with Gasteiger partial charge >= 0.3 is 152 Å². The molecule has 5 heteroatoms. The third-order valence-electron chi connectivity index (χ3n) is 8.17. The molecule has 0 saturated carbocycles. The summed E-state index contributed by atoms with van der Waals surface area (Å²) >= 11 is -2.10. The first kappa shape index (κ1) is 30.3. The van der Waals surface area contributed by atoms with Crippen molar-refractivity contribution in [2.45, 2.75) is 0 Å². The Hall–Kier alpha value is -6.00. The van der Waals surface area contributed by atoms with Gasteiger partial charge in [0.2, 0.25) is 0 Å². The van der Waals surface area contributed by atoms with Gasteiger partial charge in [-0.1, -0.05) is 0 Å². The standard InChI is InChI=1S/C20H14N4.4C6H5.Fe/c1-2-14-10-16-5-6-18(23-16)12-20-8-7-19(24-20)11-17-4-3-15(22-17)9-13(1)21-14;4*1-2-4-6-5-3-1;/h1-12,21,24H;4*1-5H;. The molecule has 0 aliphatic carbocycles. The number of hydrogen-bond acceptors (Lipinski definition) is 2. The summed E-state index contributed by atoms with van der Waals surface area (Å²) in [5, 5.41) is 0. The molecule has 0 fully saturated rings. The summed E-state index contributed by atoms with van der Waals surface area (Å²) in [5.74, 6) is 0. The van der Waals surface area contributed by atoms with Gasteiger partial charge in [0.1, 0.15) is 0 Å². The predicted molar refractivity (Wildman–Crippen MR) is 203 cm³/mol. The van der Waals surface area contributed by atoms with Crippen LogP contribution in [0.3, 0.4) is 0 Å². The molecule has 3 aromatic heterocycles. The molecule has 0 atom stereocenters. The van der Waals surface area contributed by atoms with E-state index in [-0.39, 0.29) is 0 Å². The predicted octanol–water partition coefficient (Wildman–Crippen LogP) is 8.10. The number of benzene rings is 4. The van der Waals surface area contributed by atoms with Gasteiger partial charge in [-0.25, -0.2) is 9.97 Å². The van der Waals surface area contributed by atoms with Crippen molar-refractivity contribution in [2.24, 2.45) is 0 Å². The normalized spacial score (nSPS) is 12.2. The molecule has 0 amide bonds. The van der Waals surface area contributed by atoms with Crippen LogP contribution in [0.2, 0.25) is 0 Å². The number of aromatic amines is 2. The SMILES string of the molecule is C1=Cc2cc3ccc(cc4nc(cc5ccc(cc1n2)[nH]5)C=C4)[nH]3.c1cc[c]([Fe]([c]2ccccc2)([c]2ccccc2)[c]2ccccc2)cc1. The Morgan fingerprint density at radius 1 is 0.306 bits per heavy atom. The summed E-state index contributed by atoms with van der Waals surface area (Å²) in [7, 11) is 0. The molecule has 0 radical (unpaired) electrons. The molecule has 7 aromatic rings. The summed E-state index contributed by atoms with van der Waals surface area (Å²) in [6.45, 7) is 0.